The summed E-state index contributed by atoms with van der Waals surface area (Å²) in [4.78, 5) is 15.7. The number of nitrogens with zero attached hydrogens (tertiary/aromatic N) is 1. The summed E-state index contributed by atoms with van der Waals surface area (Å²) >= 11 is 1.12. The van der Waals surface area contributed by atoms with Crippen LogP contribution in [0.25, 0.3) is 0 Å². The van der Waals surface area contributed by atoms with E-state index in [9.17, 15) is 4.79 Å². The summed E-state index contributed by atoms with van der Waals surface area (Å²) in [7, 11) is 1.57. The molecule has 0 aliphatic rings. The Bertz CT molecular complexity index is 543. The normalized spacial score (nSPS) is 10.1. The van der Waals surface area contributed by atoms with E-state index in [2.05, 4.69) is 4.98 Å². The number of thioether (sulfide) groups is 1. The number of ether oxygens (including phenoxy) is 2. The Labute approximate surface area is 122 Å². The molecule has 0 atom stereocenters. The molecule has 20 heavy (non-hydrogen) atoms. The summed E-state index contributed by atoms with van der Waals surface area (Å²) < 4.78 is 10.1. The number of rotatable bonds is 5. The van der Waals surface area contributed by atoms with E-state index in [0.29, 0.717) is 18.2 Å². The van der Waals surface area contributed by atoms with Crippen molar-refractivity contribution < 1.29 is 14.3 Å². The van der Waals surface area contributed by atoms with Gasteiger partial charge in [0.25, 0.3) is 0 Å². The van der Waals surface area contributed by atoms with E-state index < -0.39 is 0 Å². The van der Waals surface area contributed by atoms with Crippen LogP contribution in [0.4, 0.5) is 4.79 Å². The molecule has 2 aromatic rings. The van der Waals surface area contributed by atoms with E-state index in [0.717, 1.165) is 22.9 Å². The molecule has 0 amide bonds. The van der Waals surface area contributed by atoms with Crippen LogP contribution in [0.5, 0.6) is 5.88 Å². The lowest BCUT2D eigenvalue weighted by atomic mass is 10.2. The molecular weight excluding hydrogens is 274 g/mol. The van der Waals surface area contributed by atoms with Crippen molar-refractivity contribution in [2.24, 2.45) is 0 Å². The fraction of sp³-hybridized carbons (Fsp3) is 0.200. The lowest BCUT2D eigenvalue weighted by molar-refractivity contribution is 0.168. The first-order valence-electron chi connectivity index (χ1n) is 6.10. The summed E-state index contributed by atoms with van der Waals surface area (Å²) in [5.41, 5.74) is 1.93. The topological polar surface area (TPSA) is 48.4 Å². The van der Waals surface area contributed by atoms with Gasteiger partial charge in [-0.2, -0.15) is 0 Å². The van der Waals surface area contributed by atoms with Crippen LogP contribution in [-0.4, -0.2) is 17.4 Å². The van der Waals surface area contributed by atoms with Crippen LogP contribution in [0.2, 0.25) is 0 Å². The molecule has 0 fully saturated rings. The smallest absolute Gasteiger partial charge is 0.367 e. The molecule has 0 aliphatic heterocycles. The third-order valence-corrected chi connectivity index (χ3v) is 3.39. The molecule has 104 valence electrons. The highest BCUT2D eigenvalue weighted by Crippen LogP contribution is 2.16. The van der Waals surface area contributed by atoms with E-state index in [1.54, 1.807) is 19.4 Å². The fourth-order valence-electron chi connectivity index (χ4n) is 1.52. The molecule has 0 spiro atoms. The van der Waals surface area contributed by atoms with Crippen LogP contribution in [0, 0.1) is 0 Å². The van der Waals surface area contributed by atoms with Gasteiger partial charge in [-0.15, -0.1) is 0 Å². The Hall–Kier alpha value is -2.01. The minimum atomic E-state index is -0.287. The predicted molar refractivity (Wildman–Crippen MR) is 78.7 cm³/mol. The van der Waals surface area contributed by atoms with Gasteiger partial charge in [0.2, 0.25) is 5.88 Å². The number of pyridine rings is 1. The maximum atomic E-state index is 11.6. The maximum absolute atomic E-state index is 11.6. The van der Waals surface area contributed by atoms with Gasteiger partial charge in [-0.25, -0.2) is 9.78 Å². The minimum absolute atomic E-state index is 0.287. The Morgan fingerprint density at radius 3 is 2.60 bits per heavy atom. The van der Waals surface area contributed by atoms with Gasteiger partial charge in [-0.1, -0.05) is 36.4 Å². The Kier molecular flexibility index (Phi) is 5.43. The van der Waals surface area contributed by atoms with Crippen LogP contribution in [-0.2, 0) is 17.1 Å². The molecule has 0 saturated carbocycles. The SMILES string of the molecule is COc1ccc(CSC(=O)OCc2ccccc2)cn1. The first-order valence-corrected chi connectivity index (χ1v) is 7.09. The molecule has 0 aliphatic carbocycles. The molecule has 1 aromatic heterocycles. The molecule has 0 radical (unpaired) electrons. The zero-order chi connectivity index (χ0) is 14.2. The molecule has 5 heteroatoms. The molecule has 1 aromatic carbocycles. The van der Waals surface area contributed by atoms with Crippen LogP contribution in [0.3, 0.4) is 0 Å². The second kappa shape index (κ2) is 7.55. The van der Waals surface area contributed by atoms with Gasteiger partial charge in [-0.05, 0) is 22.9 Å². The van der Waals surface area contributed by atoms with Crippen molar-refractivity contribution in [1.82, 2.24) is 4.98 Å². The third-order valence-electron chi connectivity index (χ3n) is 2.56. The number of hydrogen-bond acceptors (Lipinski definition) is 5. The highest BCUT2D eigenvalue weighted by atomic mass is 32.2. The van der Waals surface area contributed by atoms with E-state index in [1.165, 1.54) is 0 Å². The molecule has 0 bridgehead atoms. The molecular formula is C15H15NO3S. The van der Waals surface area contributed by atoms with Crippen LogP contribution in [0.1, 0.15) is 11.1 Å². The van der Waals surface area contributed by atoms with E-state index in [1.807, 2.05) is 36.4 Å². The van der Waals surface area contributed by atoms with Gasteiger partial charge in [0.1, 0.15) is 6.61 Å². The molecule has 1 heterocycles. The molecule has 2 rings (SSSR count). The Balaban J connectivity index is 1.74. The van der Waals surface area contributed by atoms with Crippen LogP contribution >= 0.6 is 11.8 Å². The highest BCUT2D eigenvalue weighted by molar-refractivity contribution is 8.12. The van der Waals surface area contributed by atoms with Crippen molar-refractivity contribution >= 4 is 17.1 Å². The maximum Gasteiger partial charge on any atom is 0.367 e. The number of methoxy groups -OCH3 is 1. The second-order valence-electron chi connectivity index (χ2n) is 4.02. The van der Waals surface area contributed by atoms with Crippen LogP contribution in [0.15, 0.2) is 48.7 Å². The van der Waals surface area contributed by atoms with Gasteiger partial charge in [0.15, 0.2) is 0 Å². The number of carbonyl (C=O) groups is 1. The van der Waals surface area contributed by atoms with E-state index in [4.69, 9.17) is 9.47 Å². The lowest BCUT2D eigenvalue weighted by Crippen LogP contribution is -1.98. The van der Waals surface area contributed by atoms with Gasteiger partial charge in [0, 0.05) is 18.0 Å². The first kappa shape index (κ1) is 14.4. The first-order chi connectivity index (χ1) is 9.78. The second-order valence-corrected chi connectivity index (χ2v) is 4.93. The summed E-state index contributed by atoms with van der Waals surface area (Å²) in [6.45, 7) is 0.299. The Morgan fingerprint density at radius 1 is 1.15 bits per heavy atom. The number of benzene rings is 1. The van der Waals surface area contributed by atoms with Gasteiger partial charge in [0.05, 0.1) is 7.11 Å². The quantitative estimate of drug-likeness (QED) is 0.786. The fourth-order valence-corrected chi connectivity index (χ4v) is 2.12. The van der Waals surface area contributed by atoms with Crippen molar-refractivity contribution in [3.63, 3.8) is 0 Å². The number of hydrogen-bond donors (Lipinski definition) is 0. The van der Waals surface area contributed by atoms with E-state index >= 15 is 0 Å². The van der Waals surface area contributed by atoms with Gasteiger partial charge < -0.3 is 9.47 Å². The van der Waals surface area contributed by atoms with Gasteiger partial charge in [-0.3, -0.25) is 0 Å². The van der Waals surface area contributed by atoms with Crippen molar-refractivity contribution in [2.45, 2.75) is 12.4 Å². The summed E-state index contributed by atoms with van der Waals surface area (Å²) in [6, 6.07) is 13.3. The summed E-state index contributed by atoms with van der Waals surface area (Å²) in [6.07, 6.45) is 1.69. The van der Waals surface area contributed by atoms with Crippen molar-refractivity contribution in [3.05, 3.63) is 59.8 Å². The average Bonchev–Trinajstić information content (AvgIpc) is 2.52. The summed E-state index contributed by atoms with van der Waals surface area (Å²) in [5, 5.41) is -0.287. The molecule has 4 nitrogen and oxygen atoms in total. The monoisotopic (exact) mass is 289 g/mol. The van der Waals surface area contributed by atoms with Crippen molar-refractivity contribution in [3.8, 4) is 5.88 Å². The molecule has 0 unspecified atom stereocenters. The largest absolute Gasteiger partial charge is 0.481 e. The highest BCUT2D eigenvalue weighted by Gasteiger charge is 2.05. The standard InChI is InChI=1S/C15H15NO3S/c1-18-14-8-7-13(9-16-14)11-20-15(17)19-10-12-5-3-2-4-6-12/h2-9H,10-11H2,1H3. The van der Waals surface area contributed by atoms with Crippen molar-refractivity contribution in [2.75, 3.05) is 7.11 Å². The minimum Gasteiger partial charge on any atom is -0.481 e. The Morgan fingerprint density at radius 2 is 1.95 bits per heavy atom. The molecule has 0 saturated heterocycles. The van der Waals surface area contributed by atoms with Gasteiger partial charge >= 0.3 is 5.30 Å². The number of aromatic nitrogens is 1. The zero-order valence-electron chi connectivity index (χ0n) is 11.1. The number of carbonyl (C=O) groups excluding carboxylic acids is 1. The lowest BCUT2D eigenvalue weighted by Gasteiger charge is -2.05. The summed E-state index contributed by atoms with van der Waals surface area (Å²) in [5.74, 6) is 1.09. The van der Waals surface area contributed by atoms with E-state index in [-0.39, 0.29) is 5.30 Å². The predicted octanol–water partition coefficient (Wildman–Crippen LogP) is 3.66. The average molecular weight is 289 g/mol. The zero-order valence-corrected chi connectivity index (χ0v) is 11.9. The van der Waals surface area contributed by atoms with Crippen LogP contribution < -0.4 is 4.74 Å². The third kappa shape index (κ3) is 4.59. The molecule has 0 N–H and O–H groups in total. The van der Waals surface area contributed by atoms with Crippen molar-refractivity contribution in [1.29, 1.82) is 0 Å².